The number of carbonyl (C=O) groups excluding carboxylic acids is 3. The van der Waals surface area contributed by atoms with Gasteiger partial charge in [-0.05, 0) is 37.3 Å². The van der Waals surface area contributed by atoms with Crippen LogP contribution in [0.25, 0.3) is 0 Å². The van der Waals surface area contributed by atoms with E-state index in [1.165, 1.54) is 43.3 Å². The van der Waals surface area contributed by atoms with Crippen LogP contribution in [0.15, 0.2) is 42.5 Å². The van der Waals surface area contributed by atoms with Gasteiger partial charge in [0.2, 0.25) is 0 Å². The lowest BCUT2D eigenvalue weighted by molar-refractivity contribution is -0.152. The fourth-order valence-electron chi connectivity index (χ4n) is 1.98. The number of amides is 2. The zero-order chi connectivity index (χ0) is 20.0. The summed E-state index contributed by atoms with van der Waals surface area (Å²) in [6, 6.07) is 9.84. The fraction of sp³-hybridized carbons (Fsp3) is 0.167. The van der Waals surface area contributed by atoms with E-state index < -0.39 is 36.2 Å². The van der Waals surface area contributed by atoms with Crippen LogP contribution in [0.2, 0.25) is 10.0 Å². The number of hydrogen-bond donors (Lipinski definition) is 2. The van der Waals surface area contributed by atoms with E-state index in [1.807, 2.05) is 0 Å². The van der Waals surface area contributed by atoms with Crippen molar-refractivity contribution >= 4 is 46.7 Å². The Morgan fingerprint density at radius 1 is 1.11 bits per heavy atom. The van der Waals surface area contributed by atoms with Gasteiger partial charge in [-0.15, -0.1) is 0 Å². The van der Waals surface area contributed by atoms with E-state index in [2.05, 4.69) is 10.6 Å². The second-order valence-electron chi connectivity index (χ2n) is 5.41. The molecule has 2 N–H and O–H groups in total. The van der Waals surface area contributed by atoms with Crippen molar-refractivity contribution in [2.45, 2.75) is 13.0 Å². The monoisotopic (exact) mass is 412 g/mol. The lowest BCUT2D eigenvalue weighted by atomic mass is 10.2. The molecule has 142 valence electrons. The standard InChI is InChI=1S/C18H15Cl2FN2O4/c1-10(17(25)23-15-5-3-2-4-14(15)21)27-16(24)9-22-18(26)11-6-7-12(19)13(20)8-11/h2-8,10H,9H2,1H3,(H,22,26)(H,23,25)/t10-/m1/s1. The molecule has 0 saturated heterocycles. The lowest BCUT2D eigenvalue weighted by Gasteiger charge is -2.14. The van der Waals surface area contributed by atoms with Crippen LogP contribution in [0, 0.1) is 5.82 Å². The summed E-state index contributed by atoms with van der Waals surface area (Å²) < 4.78 is 18.4. The molecule has 0 fully saturated rings. The number of para-hydroxylation sites is 1. The Hall–Kier alpha value is -2.64. The minimum atomic E-state index is -1.18. The number of benzene rings is 2. The minimum Gasteiger partial charge on any atom is -0.451 e. The molecule has 6 nitrogen and oxygen atoms in total. The molecule has 0 aliphatic rings. The molecule has 9 heteroatoms. The summed E-state index contributed by atoms with van der Waals surface area (Å²) in [5.41, 5.74) is 0.181. The molecule has 0 saturated carbocycles. The van der Waals surface area contributed by atoms with Crippen LogP contribution in [-0.2, 0) is 14.3 Å². The second kappa shape index (κ2) is 9.34. The zero-order valence-electron chi connectivity index (χ0n) is 14.1. The van der Waals surface area contributed by atoms with E-state index in [9.17, 15) is 18.8 Å². The van der Waals surface area contributed by atoms with Crippen molar-refractivity contribution < 1.29 is 23.5 Å². The van der Waals surface area contributed by atoms with Gasteiger partial charge in [0.25, 0.3) is 11.8 Å². The molecular weight excluding hydrogens is 398 g/mol. The van der Waals surface area contributed by atoms with Crippen LogP contribution < -0.4 is 10.6 Å². The molecule has 0 aromatic heterocycles. The van der Waals surface area contributed by atoms with Gasteiger partial charge in [-0.2, -0.15) is 0 Å². The summed E-state index contributed by atoms with van der Waals surface area (Å²) in [6.45, 7) is 0.866. The van der Waals surface area contributed by atoms with E-state index in [0.29, 0.717) is 5.02 Å². The highest BCUT2D eigenvalue weighted by Gasteiger charge is 2.19. The van der Waals surface area contributed by atoms with Crippen LogP contribution in [-0.4, -0.2) is 30.4 Å². The first kappa shape index (κ1) is 20.7. The van der Waals surface area contributed by atoms with Gasteiger partial charge in [0, 0.05) is 5.56 Å². The van der Waals surface area contributed by atoms with E-state index in [4.69, 9.17) is 27.9 Å². The number of halogens is 3. The highest BCUT2D eigenvalue weighted by molar-refractivity contribution is 6.42. The van der Waals surface area contributed by atoms with Gasteiger partial charge in [0.1, 0.15) is 12.4 Å². The van der Waals surface area contributed by atoms with Gasteiger partial charge in [0.05, 0.1) is 15.7 Å². The van der Waals surface area contributed by atoms with Crippen molar-refractivity contribution in [2.75, 3.05) is 11.9 Å². The first-order valence-electron chi connectivity index (χ1n) is 7.76. The van der Waals surface area contributed by atoms with E-state index in [1.54, 1.807) is 6.07 Å². The van der Waals surface area contributed by atoms with Crippen molar-refractivity contribution in [1.82, 2.24) is 5.32 Å². The first-order valence-corrected chi connectivity index (χ1v) is 8.51. The Balaban J connectivity index is 1.83. The molecule has 27 heavy (non-hydrogen) atoms. The molecular formula is C18H15Cl2FN2O4. The van der Waals surface area contributed by atoms with Crippen molar-refractivity contribution in [3.05, 3.63) is 63.9 Å². The Morgan fingerprint density at radius 2 is 1.81 bits per heavy atom. The van der Waals surface area contributed by atoms with Gasteiger partial charge in [0.15, 0.2) is 6.10 Å². The molecule has 1 atom stereocenters. The minimum absolute atomic E-state index is 0.0293. The molecule has 0 bridgehead atoms. The maximum atomic E-state index is 13.5. The first-order chi connectivity index (χ1) is 12.8. The quantitative estimate of drug-likeness (QED) is 0.711. The molecule has 2 rings (SSSR count). The van der Waals surface area contributed by atoms with Crippen LogP contribution in [0.4, 0.5) is 10.1 Å². The number of anilines is 1. The summed E-state index contributed by atoms with van der Waals surface area (Å²) in [7, 11) is 0. The molecule has 2 amide bonds. The van der Waals surface area contributed by atoms with E-state index in [-0.39, 0.29) is 16.3 Å². The summed E-state index contributed by atoms with van der Waals surface area (Å²) in [5, 5.41) is 5.15. The smallest absolute Gasteiger partial charge is 0.326 e. The van der Waals surface area contributed by atoms with Gasteiger partial charge in [-0.3, -0.25) is 14.4 Å². The SMILES string of the molecule is C[C@@H](OC(=O)CNC(=O)c1ccc(Cl)c(Cl)c1)C(=O)Nc1ccccc1F. The average molecular weight is 413 g/mol. The Labute approximate surface area is 164 Å². The third-order valence-corrected chi connectivity index (χ3v) is 4.12. The number of rotatable bonds is 6. The third kappa shape index (κ3) is 5.94. The summed E-state index contributed by atoms with van der Waals surface area (Å²) in [4.78, 5) is 35.7. The largest absolute Gasteiger partial charge is 0.451 e. The number of esters is 1. The van der Waals surface area contributed by atoms with Gasteiger partial charge in [-0.1, -0.05) is 35.3 Å². The summed E-state index contributed by atoms with van der Waals surface area (Å²) in [6.07, 6.45) is -1.18. The van der Waals surface area contributed by atoms with Gasteiger partial charge >= 0.3 is 5.97 Å². The van der Waals surface area contributed by atoms with Gasteiger partial charge < -0.3 is 15.4 Å². The molecule has 0 heterocycles. The Morgan fingerprint density at radius 3 is 2.48 bits per heavy atom. The maximum Gasteiger partial charge on any atom is 0.326 e. The van der Waals surface area contributed by atoms with E-state index in [0.717, 1.165) is 0 Å². The molecule has 0 radical (unpaired) electrons. The lowest BCUT2D eigenvalue weighted by Crippen LogP contribution is -2.36. The number of hydrogen-bond acceptors (Lipinski definition) is 4. The van der Waals surface area contributed by atoms with Crippen molar-refractivity contribution in [3.63, 3.8) is 0 Å². The highest BCUT2D eigenvalue weighted by Crippen LogP contribution is 2.22. The Kier molecular flexibility index (Phi) is 7.15. The zero-order valence-corrected chi connectivity index (χ0v) is 15.6. The predicted molar refractivity (Wildman–Crippen MR) is 99.4 cm³/mol. The number of ether oxygens (including phenoxy) is 1. The van der Waals surface area contributed by atoms with Crippen LogP contribution >= 0.6 is 23.2 Å². The third-order valence-electron chi connectivity index (χ3n) is 3.38. The van der Waals surface area contributed by atoms with Crippen LogP contribution in [0.1, 0.15) is 17.3 Å². The van der Waals surface area contributed by atoms with Crippen molar-refractivity contribution in [1.29, 1.82) is 0 Å². The van der Waals surface area contributed by atoms with Crippen LogP contribution in [0.5, 0.6) is 0 Å². The maximum absolute atomic E-state index is 13.5. The van der Waals surface area contributed by atoms with Crippen molar-refractivity contribution in [3.8, 4) is 0 Å². The topological polar surface area (TPSA) is 84.5 Å². The molecule has 2 aromatic carbocycles. The van der Waals surface area contributed by atoms with Crippen molar-refractivity contribution in [2.24, 2.45) is 0 Å². The summed E-state index contributed by atoms with van der Waals surface area (Å²) in [5.74, 6) is -2.71. The highest BCUT2D eigenvalue weighted by atomic mass is 35.5. The fourth-order valence-corrected chi connectivity index (χ4v) is 2.28. The number of nitrogens with one attached hydrogen (secondary N) is 2. The second-order valence-corrected chi connectivity index (χ2v) is 6.23. The molecule has 0 aliphatic carbocycles. The predicted octanol–water partition coefficient (Wildman–Crippen LogP) is 3.43. The summed E-state index contributed by atoms with van der Waals surface area (Å²) >= 11 is 11.6. The average Bonchev–Trinajstić information content (AvgIpc) is 2.63. The molecule has 0 spiro atoms. The normalized spacial score (nSPS) is 11.4. The molecule has 2 aromatic rings. The number of carbonyl (C=O) groups is 3. The molecule has 0 aliphatic heterocycles. The molecule has 0 unspecified atom stereocenters. The van der Waals surface area contributed by atoms with Crippen LogP contribution in [0.3, 0.4) is 0 Å². The Bertz CT molecular complexity index is 876. The van der Waals surface area contributed by atoms with Gasteiger partial charge in [-0.25, -0.2) is 4.39 Å². The van der Waals surface area contributed by atoms with E-state index >= 15 is 0 Å².